The summed E-state index contributed by atoms with van der Waals surface area (Å²) in [6.07, 6.45) is 5.32. The van der Waals surface area contributed by atoms with Gasteiger partial charge in [-0.2, -0.15) is 24.3 Å². The van der Waals surface area contributed by atoms with Crippen molar-refractivity contribution in [3.8, 4) is 0 Å². The smallest absolute Gasteiger partial charge is 0.707 e. The molecule has 130 valence electrons. The van der Waals surface area contributed by atoms with Gasteiger partial charge in [-0.1, -0.05) is 31.3 Å². The predicted octanol–water partition coefficient (Wildman–Crippen LogP) is 1.59. The molecular weight excluding hydrogens is 479 g/mol. The summed E-state index contributed by atoms with van der Waals surface area (Å²) < 4.78 is 4.79. The molecule has 1 fully saturated rings. The summed E-state index contributed by atoms with van der Waals surface area (Å²) in [5, 5.41) is 5.46. The van der Waals surface area contributed by atoms with Crippen LogP contribution in [0.5, 0.6) is 0 Å². The first kappa shape index (κ1) is 20.4. The largest absolute Gasteiger partial charge is 2.00 e. The van der Waals surface area contributed by atoms with Crippen molar-refractivity contribution in [2.45, 2.75) is 45.1 Å². The third-order valence-electron chi connectivity index (χ3n) is 3.89. The SMILES string of the molecule is CC(=O)c1c[c-]c(B(NC(=O)NC2CCCCC2)O[C-]=O)cc1.[HH].[HH].[W+2]. The molecule has 2 rings (SSSR count). The number of urea groups is 1. The number of hydrogen-bond acceptors (Lipinski definition) is 4. The van der Waals surface area contributed by atoms with E-state index in [4.69, 9.17) is 4.65 Å². The maximum Gasteiger partial charge on any atom is 2.00 e. The number of hydrogen-bond donors (Lipinski definition) is 2. The molecule has 0 atom stereocenters. The van der Waals surface area contributed by atoms with E-state index in [9.17, 15) is 14.4 Å². The molecule has 0 aromatic heterocycles. The molecule has 0 spiro atoms. The van der Waals surface area contributed by atoms with Gasteiger partial charge < -0.3 is 24.8 Å². The average Bonchev–Trinajstić information content (AvgIpc) is 2.55. The van der Waals surface area contributed by atoms with Crippen molar-refractivity contribution >= 4 is 30.8 Å². The second-order valence-electron chi connectivity index (χ2n) is 5.62. The molecule has 0 saturated heterocycles. The monoisotopic (exact) mass is 502 g/mol. The number of benzene rings is 1. The van der Waals surface area contributed by atoms with E-state index in [1.165, 1.54) is 25.9 Å². The standard InChI is InChI=1S/C16H19BN2O4.W.2H2/c1-12(21)13-7-9-14(10-8-13)17(23-11-20)19-16(22)18-15-5-3-2-4-6-15;;;/h7-9,15H,2-6H2,1H3,(H2,18,19,22);;2*1H/q-2;+2;;. The van der Waals surface area contributed by atoms with Crippen LogP contribution in [0.15, 0.2) is 18.2 Å². The van der Waals surface area contributed by atoms with Crippen LogP contribution in [0, 0.1) is 6.07 Å². The van der Waals surface area contributed by atoms with Crippen molar-refractivity contribution < 1.29 is 43.0 Å². The Kier molecular flexibility index (Phi) is 8.76. The van der Waals surface area contributed by atoms with Crippen LogP contribution in [-0.4, -0.2) is 31.4 Å². The number of rotatable bonds is 6. The third-order valence-corrected chi connectivity index (χ3v) is 3.89. The van der Waals surface area contributed by atoms with Crippen LogP contribution < -0.4 is 16.0 Å². The topological polar surface area (TPSA) is 84.5 Å². The summed E-state index contributed by atoms with van der Waals surface area (Å²) in [5.74, 6) is -0.0878. The van der Waals surface area contributed by atoms with Gasteiger partial charge >= 0.3 is 34.1 Å². The Balaban J connectivity index is 0. The molecule has 0 heterocycles. The minimum absolute atomic E-state index is 0. The Bertz CT molecular complexity index is 572. The number of ketones is 1. The molecule has 1 aliphatic rings. The fourth-order valence-corrected chi connectivity index (χ4v) is 2.63. The Morgan fingerprint density at radius 2 is 2.04 bits per heavy atom. The summed E-state index contributed by atoms with van der Waals surface area (Å²) in [6, 6.07) is 7.27. The Morgan fingerprint density at radius 3 is 2.58 bits per heavy atom. The van der Waals surface area contributed by atoms with Gasteiger partial charge in [-0.15, -0.1) is 5.46 Å². The number of nitrogens with one attached hydrogen (secondary N) is 2. The van der Waals surface area contributed by atoms with Crippen molar-refractivity contribution in [2.75, 3.05) is 0 Å². The van der Waals surface area contributed by atoms with Crippen LogP contribution in [-0.2, 0) is 30.5 Å². The average molecular weight is 502 g/mol. The van der Waals surface area contributed by atoms with Crippen LogP contribution in [0.25, 0.3) is 0 Å². The first-order valence-electron chi connectivity index (χ1n) is 7.72. The molecule has 2 amide bonds. The number of carbonyl (C=O) groups is 2. The van der Waals surface area contributed by atoms with Gasteiger partial charge in [-0.25, -0.2) is 0 Å². The summed E-state index contributed by atoms with van der Waals surface area (Å²) >= 11 is 0. The van der Waals surface area contributed by atoms with Crippen molar-refractivity contribution in [3.05, 3.63) is 29.8 Å². The molecule has 0 bridgehead atoms. The number of carbonyl (C=O) groups excluding carboxylic acids is 3. The summed E-state index contributed by atoms with van der Waals surface area (Å²) in [7, 11) is -0.989. The zero-order valence-corrected chi connectivity index (χ0v) is 16.4. The van der Waals surface area contributed by atoms with E-state index >= 15 is 0 Å². The molecule has 0 unspecified atom stereocenters. The number of amides is 2. The molecule has 1 aliphatic carbocycles. The quantitative estimate of drug-likeness (QED) is 0.352. The minimum Gasteiger partial charge on any atom is -0.707 e. The van der Waals surface area contributed by atoms with E-state index in [-0.39, 0.29) is 35.7 Å². The van der Waals surface area contributed by atoms with E-state index in [1.54, 1.807) is 12.1 Å². The molecule has 0 aliphatic heterocycles. The molecule has 1 aromatic rings. The van der Waals surface area contributed by atoms with E-state index < -0.39 is 13.1 Å². The Morgan fingerprint density at radius 1 is 1.33 bits per heavy atom. The normalized spacial score (nSPS) is 14.0. The van der Waals surface area contributed by atoms with Gasteiger partial charge in [0.05, 0.1) is 0 Å². The van der Waals surface area contributed by atoms with Gasteiger partial charge in [0, 0.05) is 8.90 Å². The van der Waals surface area contributed by atoms with Gasteiger partial charge in [0.25, 0.3) is 0 Å². The summed E-state index contributed by atoms with van der Waals surface area (Å²) in [4.78, 5) is 33.9. The fraction of sp³-hybridized carbons (Fsp3) is 0.438. The molecule has 1 saturated carbocycles. The van der Waals surface area contributed by atoms with Crippen molar-refractivity contribution in [2.24, 2.45) is 0 Å². The van der Waals surface area contributed by atoms with Crippen molar-refractivity contribution in [3.63, 3.8) is 0 Å². The fourth-order valence-electron chi connectivity index (χ4n) is 2.63. The minimum atomic E-state index is -0.989. The van der Waals surface area contributed by atoms with E-state index in [1.807, 2.05) is 0 Å². The van der Waals surface area contributed by atoms with Gasteiger partial charge in [0.15, 0.2) is 0 Å². The van der Waals surface area contributed by atoms with Crippen LogP contribution in [0.4, 0.5) is 4.79 Å². The van der Waals surface area contributed by atoms with Crippen LogP contribution in [0.3, 0.4) is 0 Å². The van der Waals surface area contributed by atoms with Gasteiger partial charge in [0.1, 0.15) is 5.78 Å². The zero-order valence-electron chi connectivity index (χ0n) is 13.5. The van der Waals surface area contributed by atoms with Crippen molar-refractivity contribution in [1.82, 2.24) is 10.5 Å². The summed E-state index contributed by atoms with van der Waals surface area (Å²) in [5.41, 5.74) is 0.936. The van der Waals surface area contributed by atoms with Crippen LogP contribution in [0.2, 0.25) is 0 Å². The maximum atomic E-state index is 12.0. The first-order valence-corrected chi connectivity index (χ1v) is 7.72. The second kappa shape index (κ2) is 10.3. The maximum absolute atomic E-state index is 12.0. The molecule has 24 heavy (non-hydrogen) atoms. The van der Waals surface area contributed by atoms with Crippen LogP contribution in [0.1, 0.15) is 52.2 Å². The first-order chi connectivity index (χ1) is 11.1. The number of Topliss-reactive ketones (excluding diaryl/α,β-unsaturated/α-hetero) is 1. The summed E-state index contributed by atoms with van der Waals surface area (Å²) in [6.45, 7) is 2.78. The predicted molar refractivity (Wildman–Crippen MR) is 90.2 cm³/mol. The van der Waals surface area contributed by atoms with Crippen molar-refractivity contribution in [1.29, 1.82) is 0 Å². The van der Waals surface area contributed by atoms with E-state index in [2.05, 4.69) is 16.6 Å². The molecule has 6 nitrogen and oxygen atoms in total. The molecular formula is C16H23BN2O4W. The third kappa shape index (κ3) is 6.12. The van der Waals surface area contributed by atoms with Gasteiger partial charge in [0.2, 0.25) is 0 Å². The van der Waals surface area contributed by atoms with Crippen LogP contribution >= 0.6 is 0 Å². The molecule has 2 N–H and O–H groups in total. The van der Waals surface area contributed by atoms with E-state index in [0.717, 1.165) is 25.7 Å². The van der Waals surface area contributed by atoms with E-state index in [0.29, 0.717) is 11.0 Å². The molecule has 1 aromatic carbocycles. The second-order valence-corrected chi connectivity index (χ2v) is 5.62. The van der Waals surface area contributed by atoms with Gasteiger partial charge in [-0.05, 0) is 19.8 Å². The Hall–Kier alpha value is -1.62. The molecule has 0 radical (unpaired) electrons. The zero-order chi connectivity index (χ0) is 16.7. The molecule has 8 heteroatoms. The Labute approximate surface area is 159 Å². The van der Waals surface area contributed by atoms with Gasteiger partial charge in [-0.3, -0.25) is 4.79 Å².